The molecule has 1 N–H and O–H groups in total. The van der Waals surface area contributed by atoms with Crippen LogP contribution in [0.25, 0.3) is 0 Å². The molecule has 0 unspecified atom stereocenters. The maximum absolute atomic E-state index is 3.33. The van der Waals surface area contributed by atoms with Crippen LogP contribution in [0.5, 0.6) is 0 Å². The van der Waals surface area contributed by atoms with Crippen LogP contribution in [0.4, 0.5) is 0 Å². The minimum atomic E-state index is 1.06. The van der Waals surface area contributed by atoms with Crippen LogP contribution >= 0.6 is 33.9 Å². The third-order valence-corrected chi connectivity index (χ3v) is 3.83. The summed E-state index contributed by atoms with van der Waals surface area (Å²) >= 11 is 4.19. The van der Waals surface area contributed by atoms with Gasteiger partial charge in [0.05, 0.1) is 2.88 Å². The summed E-state index contributed by atoms with van der Waals surface area (Å²) in [6, 6.07) is 2.26. The Morgan fingerprint density at radius 1 is 1.57 bits per heavy atom. The van der Waals surface area contributed by atoms with E-state index in [2.05, 4.69) is 58.2 Å². The molecule has 0 aliphatic carbocycles. The molecule has 0 aliphatic rings. The Bertz CT molecular complexity index is 262. The highest BCUT2D eigenvalue weighted by atomic mass is 127. The van der Waals surface area contributed by atoms with Gasteiger partial charge in [-0.15, -0.1) is 11.3 Å². The Balaban J connectivity index is 2.23. The molecule has 0 aliphatic heterocycles. The summed E-state index contributed by atoms with van der Waals surface area (Å²) < 4.78 is 1.37. The molecule has 14 heavy (non-hydrogen) atoms. The second-order valence-corrected chi connectivity index (χ2v) is 6.16. The van der Waals surface area contributed by atoms with Crippen molar-refractivity contribution in [1.82, 2.24) is 10.2 Å². The van der Waals surface area contributed by atoms with Crippen LogP contribution in [0.2, 0.25) is 0 Å². The Kier molecular flexibility index (Phi) is 6.00. The average Bonchev–Trinajstić information content (AvgIpc) is 2.52. The molecule has 1 aromatic heterocycles. The molecule has 0 spiro atoms. The topological polar surface area (TPSA) is 15.3 Å². The Morgan fingerprint density at radius 3 is 2.93 bits per heavy atom. The van der Waals surface area contributed by atoms with E-state index in [1.54, 1.807) is 0 Å². The van der Waals surface area contributed by atoms with Crippen LogP contribution in [-0.4, -0.2) is 31.6 Å². The molecule has 0 bridgehead atoms. The number of nitrogens with zero attached hydrogens (tertiary/aromatic N) is 1. The zero-order chi connectivity index (χ0) is 10.4. The molecule has 0 saturated carbocycles. The standard InChI is InChI=1S/C10H17IN2S/c1-3-12-4-5-13(2)7-9-6-10(11)14-8-9/h6,8,12H,3-5,7H2,1-2H3. The summed E-state index contributed by atoms with van der Waals surface area (Å²) in [5.74, 6) is 0. The number of thiophene rings is 1. The van der Waals surface area contributed by atoms with Crippen LogP contribution < -0.4 is 5.32 Å². The average molecular weight is 324 g/mol. The van der Waals surface area contributed by atoms with Crippen molar-refractivity contribution in [2.24, 2.45) is 0 Å². The number of rotatable bonds is 6. The van der Waals surface area contributed by atoms with E-state index in [0.717, 1.165) is 26.2 Å². The van der Waals surface area contributed by atoms with Gasteiger partial charge >= 0.3 is 0 Å². The van der Waals surface area contributed by atoms with Crippen molar-refractivity contribution in [3.8, 4) is 0 Å². The SMILES string of the molecule is CCNCCN(C)Cc1csc(I)c1. The summed E-state index contributed by atoms with van der Waals surface area (Å²) in [6.45, 7) is 6.45. The van der Waals surface area contributed by atoms with E-state index in [-0.39, 0.29) is 0 Å². The summed E-state index contributed by atoms with van der Waals surface area (Å²) in [6.07, 6.45) is 0. The van der Waals surface area contributed by atoms with E-state index < -0.39 is 0 Å². The molecular weight excluding hydrogens is 307 g/mol. The highest BCUT2D eigenvalue weighted by Crippen LogP contribution is 2.17. The van der Waals surface area contributed by atoms with Gasteiger partial charge in [0, 0.05) is 19.6 Å². The van der Waals surface area contributed by atoms with Gasteiger partial charge in [0.25, 0.3) is 0 Å². The van der Waals surface area contributed by atoms with Crippen LogP contribution in [-0.2, 0) is 6.54 Å². The van der Waals surface area contributed by atoms with Gasteiger partial charge in [-0.25, -0.2) is 0 Å². The molecular formula is C10H17IN2S. The highest BCUT2D eigenvalue weighted by molar-refractivity contribution is 14.1. The Hall–Kier alpha value is 0.350. The lowest BCUT2D eigenvalue weighted by Gasteiger charge is -2.15. The number of hydrogen-bond acceptors (Lipinski definition) is 3. The molecule has 1 aromatic rings. The van der Waals surface area contributed by atoms with E-state index in [0.29, 0.717) is 0 Å². The number of nitrogens with one attached hydrogen (secondary N) is 1. The Morgan fingerprint density at radius 2 is 2.36 bits per heavy atom. The summed E-state index contributed by atoms with van der Waals surface area (Å²) in [5, 5.41) is 5.57. The fourth-order valence-electron chi connectivity index (χ4n) is 1.27. The first-order chi connectivity index (χ1) is 6.72. The third-order valence-electron chi connectivity index (χ3n) is 1.99. The van der Waals surface area contributed by atoms with Crippen LogP contribution in [0, 0.1) is 2.88 Å². The number of halogens is 1. The van der Waals surface area contributed by atoms with Crippen molar-refractivity contribution in [2.45, 2.75) is 13.5 Å². The van der Waals surface area contributed by atoms with Gasteiger partial charge in [-0.1, -0.05) is 6.92 Å². The number of hydrogen-bond donors (Lipinski definition) is 1. The minimum absolute atomic E-state index is 1.06. The molecule has 4 heteroatoms. The molecule has 0 radical (unpaired) electrons. The van der Waals surface area contributed by atoms with Gasteiger partial charge in [-0.3, -0.25) is 0 Å². The fraction of sp³-hybridized carbons (Fsp3) is 0.600. The normalized spacial score (nSPS) is 11.1. The van der Waals surface area contributed by atoms with E-state index in [9.17, 15) is 0 Å². The molecule has 0 aromatic carbocycles. The molecule has 0 fully saturated rings. The van der Waals surface area contributed by atoms with Crippen molar-refractivity contribution in [3.05, 3.63) is 19.9 Å². The first-order valence-electron chi connectivity index (χ1n) is 4.84. The second kappa shape index (κ2) is 6.76. The zero-order valence-corrected chi connectivity index (χ0v) is 11.7. The monoisotopic (exact) mass is 324 g/mol. The minimum Gasteiger partial charge on any atom is -0.316 e. The van der Waals surface area contributed by atoms with Gasteiger partial charge in [-0.2, -0.15) is 0 Å². The molecule has 0 amide bonds. The highest BCUT2D eigenvalue weighted by Gasteiger charge is 2.01. The summed E-state index contributed by atoms with van der Waals surface area (Å²) in [7, 11) is 2.17. The van der Waals surface area contributed by atoms with Gasteiger partial charge in [0.2, 0.25) is 0 Å². The van der Waals surface area contributed by atoms with Crippen molar-refractivity contribution in [3.63, 3.8) is 0 Å². The lowest BCUT2D eigenvalue weighted by Crippen LogP contribution is -2.28. The maximum Gasteiger partial charge on any atom is 0.0656 e. The third kappa shape index (κ3) is 4.72. The fourth-order valence-corrected chi connectivity index (χ4v) is 2.67. The summed E-state index contributed by atoms with van der Waals surface area (Å²) in [5.41, 5.74) is 1.43. The van der Waals surface area contributed by atoms with Crippen LogP contribution in [0.3, 0.4) is 0 Å². The number of likely N-dealkylation sites (N-methyl/N-ethyl adjacent to an activating group) is 2. The second-order valence-electron chi connectivity index (χ2n) is 3.35. The lowest BCUT2D eigenvalue weighted by molar-refractivity contribution is 0.326. The van der Waals surface area contributed by atoms with Gasteiger partial charge in [-0.05, 0) is 53.2 Å². The van der Waals surface area contributed by atoms with Gasteiger partial charge in [0.15, 0.2) is 0 Å². The predicted octanol–water partition coefficient (Wildman–Crippen LogP) is 2.39. The van der Waals surface area contributed by atoms with Gasteiger partial charge in [0.1, 0.15) is 0 Å². The quantitative estimate of drug-likeness (QED) is 0.639. The van der Waals surface area contributed by atoms with E-state index in [1.807, 2.05) is 11.3 Å². The van der Waals surface area contributed by atoms with Crippen molar-refractivity contribution in [1.29, 1.82) is 0 Å². The first kappa shape index (κ1) is 12.4. The Labute approximate surface area is 104 Å². The smallest absolute Gasteiger partial charge is 0.0656 e. The lowest BCUT2D eigenvalue weighted by atomic mass is 10.3. The van der Waals surface area contributed by atoms with Crippen LogP contribution in [0.15, 0.2) is 11.4 Å². The predicted molar refractivity (Wildman–Crippen MR) is 71.9 cm³/mol. The zero-order valence-electron chi connectivity index (χ0n) is 8.72. The first-order valence-corrected chi connectivity index (χ1v) is 6.80. The van der Waals surface area contributed by atoms with E-state index >= 15 is 0 Å². The molecule has 0 atom stereocenters. The van der Waals surface area contributed by atoms with Crippen molar-refractivity contribution < 1.29 is 0 Å². The summed E-state index contributed by atoms with van der Waals surface area (Å²) in [4.78, 5) is 2.35. The van der Waals surface area contributed by atoms with Crippen molar-refractivity contribution in [2.75, 3.05) is 26.7 Å². The van der Waals surface area contributed by atoms with E-state index in [1.165, 1.54) is 8.45 Å². The molecule has 0 saturated heterocycles. The molecule has 2 nitrogen and oxygen atoms in total. The van der Waals surface area contributed by atoms with Crippen LogP contribution in [0.1, 0.15) is 12.5 Å². The molecule has 1 rings (SSSR count). The largest absolute Gasteiger partial charge is 0.316 e. The maximum atomic E-state index is 3.33. The van der Waals surface area contributed by atoms with E-state index in [4.69, 9.17) is 0 Å². The molecule has 1 heterocycles. The molecule has 80 valence electrons. The van der Waals surface area contributed by atoms with Gasteiger partial charge < -0.3 is 10.2 Å². The van der Waals surface area contributed by atoms with Crippen molar-refractivity contribution >= 4 is 33.9 Å².